The van der Waals surface area contributed by atoms with Gasteiger partial charge in [0.2, 0.25) is 5.91 Å². The fourth-order valence-electron chi connectivity index (χ4n) is 2.45. The van der Waals surface area contributed by atoms with Crippen molar-refractivity contribution in [3.8, 4) is 0 Å². The molecule has 1 amide bonds. The SMILES string of the molecule is CC[C@H](C)N(CC(=O)O)CC(=O)N1C[C@@H](C)O[C@H](C)C1. The fraction of sp³-hybridized carbons (Fsp3) is 0.857. The summed E-state index contributed by atoms with van der Waals surface area (Å²) in [6.07, 6.45) is 0.870. The molecule has 20 heavy (non-hydrogen) atoms. The van der Waals surface area contributed by atoms with E-state index in [-0.39, 0.29) is 37.2 Å². The average Bonchev–Trinajstić information content (AvgIpc) is 2.35. The minimum atomic E-state index is -0.901. The number of carboxylic acid groups (broad SMARTS) is 1. The second kappa shape index (κ2) is 7.59. The summed E-state index contributed by atoms with van der Waals surface area (Å²) in [6, 6.07) is 0.0749. The summed E-state index contributed by atoms with van der Waals surface area (Å²) in [4.78, 5) is 26.7. The fourth-order valence-corrected chi connectivity index (χ4v) is 2.45. The average molecular weight is 286 g/mol. The summed E-state index contributed by atoms with van der Waals surface area (Å²) in [5.41, 5.74) is 0. The van der Waals surface area contributed by atoms with E-state index in [4.69, 9.17) is 9.84 Å². The summed E-state index contributed by atoms with van der Waals surface area (Å²) >= 11 is 0. The van der Waals surface area contributed by atoms with Gasteiger partial charge in [0.25, 0.3) is 0 Å². The van der Waals surface area contributed by atoms with Gasteiger partial charge in [0.1, 0.15) is 0 Å². The summed E-state index contributed by atoms with van der Waals surface area (Å²) in [6.45, 7) is 9.02. The summed E-state index contributed by atoms with van der Waals surface area (Å²) in [5, 5.41) is 8.95. The zero-order valence-electron chi connectivity index (χ0n) is 12.8. The number of hydrogen-bond acceptors (Lipinski definition) is 4. The van der Waals surface area contributed by atoms with Gasteiger partial charge in [-0.1, -0.05) is 6.92 Å². The maximum atomic E-state index is 12.3. The minimum absolute atomic E-state index is 0.0199. The maximum absolute atomic E-state index is 12.3. The van der Waals surface area contributed by atoms with Gasteiger partial charge in [0, 0.05) is 19.1 Å². The Hall–Kier alpha value is -1.14. The van der Waals surface area contributed by atoms with Crippen LogP contribution in [0, 0.1) is 0 Å². The molecule has 0 bridgehead atoms. The first kappa shape index (κ1) is 16.9. The van der Waals surface area contributed by atoms with Crippen molar-refractivity contribution in [3.05, 3.63) is 0 Å². The van der Waals surface area contributed by atoms with Crippen molar-refractivity contribution in [3.63, 3.8) is 0 Å². The predicted octanol–water partition coefficient (Wildman–Crippen LogP) is 0.807. The topological polar surface area (TPSA) is 70.1 Å². The van der Waals surface area contributed by atoms with Crippen LogP contribution < -0.4 is 0 Å². The highest BCUT2D eigenvalue weighted by Crippen LogP contribution is 2.12. The van der Waals surface area contributed by atoms with E-state index in [1.807, 2.05) is 27.7 Å². The van der Waals surface area contributed by atoms with E-state index in [2.05, 4.69) is 0 Å². The van der Waals surface area contributed by atoms with Gasteiger partial charge in [-0.3, -0.25) is 14.5 Å². The summed E-state index contributed by atoms with van der Waals surface area (Å²) < 4.78 is 5.60. The second-order valence-electron chi connectivity index (χ2n) is 5.61. The summed E-state index contributed by atoms with van der Waals surface area (Å²) in [5.74, 6) is -0.921. The summed E-state index contributed by atoms with van der Waals surface area (Å²) in [7, 11) is 0. The highest BCUT2D eigenvalue weighted by atomic mass is 16.5. The first-order chi connectivity index (χ1) is 9.33. The Kier molecular flexibility index (Phi) is 6.42. The van der Waals surface area contributed by atoms with Crippen LogP contribution in [0.3, 0.4) is 0 Å². The molecule has 3 atom stereocenters. The molecule has 0 aromatic carbocycles. The van der Waals surface area contributed by atoms with E-state index >= 15 is 0 Å². The van der Waals surface area contributed by atoms with Crippen LogP contribution in [0.15, 0.2) is 0 Å². The Morgan fingerprint density at radius 2 is 1.85 bits per heavy atom. The number of rotatable bonds is 6. The Morgan fingerprint density at radius 3 is 2.30 bits per heavy atom. The third-order valence-corrected chi connectivity index (χ3v) is 3.66. The van der Waals surface area contributed by atoms with Crippen LogP contribution in [0.4, 0.5) is 0 Å². The minimum Gasteiger partial charge on any atom is -0.480 e. The molecular formula is C14H26N2O4. The Morgan fingerprint density at radius 1 is 1.30 bits per heavy atom. The molecule has 1 N–H and O–H groups in total. The van der Waals surface area contributed by atoms with E-state index < -0.39 is 5.97 Å². The van der Waals surface area contributed by atoms with E-state index in [0.717, 1.165) is 6.42 Å². The number of amides is 1. The molecule has 1 saturated heterocycles. The lowest BCUT2D eigenvalue weighted by molar-refractivity contribution is -0.146. The third kappa shape index (κ3) is 5.09. The molecule has 1 rings (SSSR count). The number of nitrogens with zero attached hydrogens (tertiary/aromatic N) is 2. The van der Waals surface area contributed by atoms with Crippen molar-refractivity contribution in [2.75, 3.05) is 26.2 Å². The molecule has 0 radical (unpaired) electrons. The number of aliphatic carboxylic acids is 1. The largest absolute Gasteiger partial charge is 0.480 e. The smallest absolute Gasteiger partial charge is 0.317 e. The third-order valence-electron chi connectivity index (χ3n) is 3.66. The first-order valence-corrected chi connectivity index (χ1v) is 7.22. The van der Waals surface area contributed by atoms with Crippen molar-refractivity contribution in [2.24, 2.45) is 0 Å². The Balaban J connectivity index is 2.62. The van der Waals surface area contributed by atoms with Crippen LogP contribution in [0.5, 0.6) is 0 Å². The monoisotopic (exact) mass is 286 g/mol. The molecule has 6 heteroatoms. The van der Waals surface area contributed by atoms with E-state index in [0.29, 0.717) is 13.1 Å². The molecule has 0 aromatic heterocycles. The van der Waals surface area contributed by atoms with Crippen LogP contribution in [0.2, 0.25) is 0 Å². The second-order valence-corrected chi connectivity index (χ2v) is 5.61. The molecule has 116 valence electrons. The van der Waals surface area contributed by atoms with Crippen molar-refractivity contribution in [1.29, 1.82) is 0 Å². The van der Waals surface area contributed by atoms with Gasteiger partial charge in [0.15, 0.2) is 0 Å². The van der Waals surface area contributed by atoms with Crippen LogP contribution in [0.1, 0.15) is 34.1 Å². The van der Waals surface area contributed by atoms with Gasteiger partial charge < -0.3 is 14.7 Å². The van der Waals surface area contributed by atoms with Gasteiger partial charge in [-0.15, -0.1) is 0 Å². The molecule has 0 spiro atoms. The zero-order valence-corrected chi connectivity index (χ0v) is 12.8. The van der Waals surface area contributed by atoms with Crippen molar-refractivity contribution in [2.45, 2.75) is 52.4 Å². The van der Waals surface area contributed by atoms with Crippen LogP contribution in [-0.4, -0.2) is 71.2 Å². The number of carboxylic acids is 1. The molecule has 1 heterocycles. The van der Waals surface area contributed by atoms with E-state index in [9.17, 15) is 9.59 Å². The van der Waals surface area contributed by atoms with E-state index in [1.165, 1.54) is 0 Å². The predicted molar refractivity (Wildman–Crippen MR) is 75.6 cm³/mol. The van der Waals surface area contributed by atoms with Crippen LogP contribution >= 0.6 is 0 Å². The molecule has 1 fully saturated rings. The lowest BCUT2D eigenvalue weighted by atomic mass is 10.2. The molecule has 0 unspecified atom stereocenters. The molecule has 0 saturated carbocycles. The standard InChI is InChI=1S/C14H26N2O4/c1-5-10(2)15(9-14(18)19)8-13(17)16-6-11(3)20-12(4)7-16/h10-12H,5-9H2,1-4H3,(H,18,19)/t10-,11+,12+/m0/s1. The Bertz CT molecular complexity index is 338. The number of carbonyl (C=O) groups excluding carboxylic acids is 1. The van der Waals surface area contributed by atoms with E-state index in [1.54, 1.807) is 9.80 Å². The van der Waals surface area contributed by atoms with Gasteiger partial charge in [-0.2, -0.15) is 0 Å². The molecule has 1 aliphatic heterocycles. The van der Waals surface area contributed by atoms with Crippen molar-refractivity contribution >= 4 is 11.9 Å². The van der Waals surface area contributed by atoms with Gasteiger partial charge in [-0.25, -0.2) is 0 Å². The van der Waals surface area contributed by atoms with Crippen LogP contribution in [0.25, 0.3) is 0 Å². The number of hydrogen-bond donors (Lipinski definition) is 1. The molecular weight excluding hydrogens is 260 g/mol. The highest BCUT2D eigenvalue weighted by molar-refractivity contribution is 5.79. The molecule has 0 aliphatic carbocycles. The van der Waals surface area contributed by atoms with Gasteiger partial charge in [-0.05, 0) is 27.2 Å². The van der Waals surface area contributed by atoms with Crippen LogP contribution in [-0.2, 0) is 14.3 Å². The number of carbonyl (C=O) groups is 2. The van der Waals surface area contributed by atoms with Gasteiger partial charge >= 0.3 is 5.97 Å². The normalized spacial score (nSPS) is 24.8. The Labute approximate surface area is 120 Å². The molecule has 6 nitrogen and oxygen atoms in total. The molecule has 1 aliphatic rings. The lowest BCUT2D eigenvalue weighted by Crippen LogP contribution is -2.52. The number of morpholine rings is 1. The highest BCUT2D eigenvalue weighted by Gasteiger charge is 2.28. The quantitative estimate of drug-likeness (QED) is 0.782. The zero-order chi connectivity index (χ0) is 15.3. The number of ether oxygens (including phenoxy) is 1. The van der Waals surface area contributed by atoms with Gasteiger partial charge in [0.05, 0.1) is 25.3 Å². The lowest BCUT2D eigenvalue weighted by Gasteiger charge is -2.37. The molecule has 0 aromatic rings. The maximum Gasteiger partial charge on any atom is 0.317 e. The van der Waals surface area contributed by atoms with Crippen molar-refractivity contribution < 1.29 is 19.4 Å². The first-order valence-electron chi connectivity index (χ1n) is 7.22. The van der Waals surface area contributed by atoms with Crippen molar-refractivity contribution in [1.82, 2.24) is 9.80 Å².